The van der Waals surface area contributed by atoms with Gasteiger partial charge in [-0.05, 0) is 40.8 Å². The predicted molar refractivity (Wildman–Crippen MR) is 199 cm³/mol. The third-order valence-corrected chi connectivity index (χ3v) is 9.54. The molecule has 0 aliphatic rings. The summed E-state index contributed by atoms with van der Waals surface area (Å²) in [6.07, 6.45) is 1.88. The molecule has 0 radical (unpaired) electrons. The van der Waals surface area contributed by atoms with E-state index in [0.29, 0.717) is 0 Å². The van der Waals surface area contributed by atoms with E-state index in [-0.39, 0.29) is 0 Å². The van der Waals surface area contributed by atoms with Gasteiger partial charge in [-0.15, -0.1) is 0 Å². The van der Waals surface area contributed by atoms with Crippen LogP contribution in [0.15, 0.2) is 170 Å². The molecular weight excluding hydrogens is 585 g/mol. The number of para-hydroxylation sites is 1. The number of fused-ring (bicyclic) bond motifs is 10. The lowest BCUT2D eigenvalue weighted by molar-refractivity contribution is 1.08. The van der Waals surface area contributed by atoms with Gasteiger partial charge in [-0.3, -0.25) is 8.97 Å². The fraction of sp³-hybridized carbons (Fsp3) is 0. The van der Waals surface area contributed by atoms with Crippen molar-refractivity contribution in [1.29, 1.82) is 0 Å². The number of nitrogens with zero attached hydrogens (tertiary/aromatic N) is 4. The number of benzene rings is 6. The van der Waals surface area contributed by atoms with Gasteiger partial charge in [0.2, 0.25) is 0 Å². The summed E-state index contributed by atoms with van der Waals surface area (Å²) in [5, 5.41) is 5.89. The van der Waals surface area contributed by atoms with Crippen LogP contribution in [0.5, 0.6) is 0 Å². The summed E-state index contributed by atoms with van der Waals surface area (Å²) in [5.41, 5.74) is 9.92. The van der Waals surface area contributed by atoms with Gasteiger partial charge in [0.05, 0.1) is 27.8 Å². The Kier molecular flexibility index (Phi) is 5.84. The lowest BCUT2D eigenvalue weighted by Gasteiger charge is -2.15. The van der Waals surface area contributed by atoms with Crippen LogP contribution in [0.3, 0.4) is 0 Å². The van der Waals surface area contributed by atoms with Crippen molar-refractivity contribution in [3.63, 3.8) is 0 Å². The minimum atomic E-state index is 0.880. The van der Waals surface area contributed by atoms with Gasteiger partial charge in [0.1, 0.15) is 11.6 Å². The molecule has 0 unspecified atom stereocenters. The summed E-state index contributed by atoms with van der Waals surface area (Å²) in [7, 11) is 0. The molecule has 4 aromatic heterocycles. The summed E-state index contributed by atoms with van der Waals surface area (Å²) in [5.74, 6) is 1.80. The molecule has 0 aliphatic heterocycles. The Morgan fingerprint density at radius 1 is 0.417 bits per heavy atom. The monoisotopic (exact) mass is 612 g/mol. The molecule has 0 spiro atoms. The minimum Gasteiger partial charge on any atom is -0.293 e. The molecule has 4 nitrogen and oxygen atoms in total. The highest BCUT2D eigenvalue weighted by Gasteiger charge is 2.25. The van der Waals surface area contributed by atoms with Gasteiger partial charge in [-0.25, -0.2) is 9.97 Å². The Morgan fingerprint density at radius 3 is 1.79 bits per heavy atom. The van der Waals surface area contributed by atoms with E-state index in [4.69, 9.17) is 9.97 Å². The maximum atomic E-state index is 5.49. The number of hydrogen-bond donors (Lipinski definition) is 0. The second-order valence-corrected chi connectivity index (χ2v) is 12.2. The molecule has 6 aromatic carbocycles. The molecule has 4 heterocycles. The Bertz CT molecular complexity index is 2800. The Hall–Kier alpha value is -6.52. The first kappa shape index (κ1) is 26.7. The van der Waals surface area contributed by atoms with Crippen LogP contribution >= 0.6 is 0 Å². The third kappa shape index (κ3) is 3.90. The summed E-state index contributed by atoms with van der Waals surface area (Å²) in [6, 6.07) is 58.0. The number of aromatic nitrogens is 4. The Balaban J connectivity index is 1.48. The molecule has 48 heavy (non-hydrogen) atoms. The predicted octanol–water partition coefficient (Wildman–Crippen LogP) is 11.1. The molecule has 10 aromatic rings. The van der Waals surface area contributed by atoms with Gasteiger partial charge >= 0.3 is 0 Å². The first-order chi connectivity index (χ1) is 23.8. The van der Waals surface area contributed by atoms with E-state index in [1.165, 1.54) is 32.7 Å². The highest BCUT2D eigenvalue weighted by atomic mass is 15.1. The zero-order valence-corrected chi connectivity index (χ0v) is 26.0. The van der Waals surface area contributed by atoms with Crippen LogP contribution in [0.25, 0.3) is 88.6 Å². The summed E-state index contributed by atoms with van der Waals surface area (Å²) in [6.45, 7) is 0. The molecule has 10 rings (SSSR count). The second kappa shape index (κ2) is 10.5. The molecule has 0 fully saturated rings. The molecule has 0 amide bonds. The van der Waals surface area contributed by atoms with E-state index >= 15 is 0 Å². The SMILES string of the molecule is c1ccc(-c2ccc3c4ccc5c6ccccc6n6c(-c7ccccc7)nc(-c7ccccc7)c6c5c4n(-c4ccccn4)c3c2)cc1. The van der Waals surface area contributed by atoms with Crippen molar-refractivity contribution in [3.05, 3.63) is 170 Å². The first-order valence-corrected chi connectivity index (χ1v) is 16.3. The van der Waals surface area contributed by atoms with Crippen molar-refractivity contribution in [1.82, 2.24) is 18.9 Å². The van der Waals surface area contributed by atoms with Crippen LogP contribution in [-0.2, 0) is 0 Å². The van der Waals surface area contributed by atoms with Crippen LogP contribution in [0.4, 0.5) is 0 Å². The van der Waals surface area contributed by atoms with Crippen LogP contribution < -0.4 is 0 Å². The largest absolute Gasteiger partial charge is 0.293 e. The van der Waals surface area contributed by atoms with Crippen LogP contribution in [0, 0.1) is 0 Å². The molecule has 4 heteroatoms. The van der Waals surface area contributed by atoms with Gasteiger partial charge in [0.25, 0.3) is 0 Å². The Labute approximate surface area is 276 Å². The van der Waals surface area contributed by atoms with E-state index in [0.717, 1.165) is 55.9 Å². The molecular formula is C44H28N4. The van der Waals surface area contributed by atoms with Crippen LogP contribution in [-0.4, -0.2) is 18.9 Å². The maximum absolute atomic E-state index is 5.49. The summed E-state index contributed by atoms with van der Waals surface area (Å²) >= 11 is 0. The highest BCUT2D eigenvalue weighted by Crippen LogP contribution is 2.45. The number of hydrogen-bond acceptors (Lipinski definition) is 2. The fourth-order valence-corrected chi connectivity index (χ4v) is 7.46. The van der Waals surface area contributed by atoms with Crippen LogP contribution in [0.1, 0.15) is 0 Å². The van der Waals surface area contributed by atoms with Crippen molar-refractivity contribution in [2.45, 2.75) is 0 Å². The van der Waals surface area contributed by atoms with Crippen LogP contribution in [0.2, 0.25) is 0 Å². The molecule has 0 bridgehead atoms. The van der Waals surface area contributed by atoms with Gasteiger partial charge in [0, 0.05) is 38.9 Å². The lowest BCUT2D eigenvalue weighted by Crippen LogP contribution is -1.99. The molecule has 0 saturated heterocycles. The lowest BCUT2D eigenvalue weighted by atomic mass is 9.99. The van der Waals surface area contributed by atoms with E-state index in [1.807, 2.05) is 12.3 Å². The van der Waals surface area contributed by atoms with Gasteiger partial charge in [-0.2, -0.15) is 0 Å². The van der Waals surface area contributed by atoms with Crippen molar-refractivity contribution < 1.29 is 0 Å². The molecule has 0 aliphatic carbocycles. The quantitative estimate of drug-likeness (QED) is 0.185. The number of pyridine rings is 2. The van der Waals surface area contributed by atoms with E-state index in [9.17, 15) is 0 Å². The normalized spacial score (nSPS) is 11.8. The second-order valence-electron chi connectivity index (χ2n) is 12.2. The fourth-order valence-electron chi connectivity index (χ4n) is 7.46. The van der Waals surface area contributed by atoms with Gasteiger partial charge in [0.15, 0.2) is 0 Å². The smallest absolute Gasteiger partial charge is 0.145 e. The number of imidazole rings is 1. The molecule has 0 N–H and O–H groups in total. The summed E-state index contributed by atoms with van der Waals surface area (Å²) in [4.78, 5) is 10.4. The topological polar surface area (TPSA) is 35.1 Å². The number of rotatable bonds is 4. The minimum absolute atomic E-state index is 0.880. The van der Waals surface area contributed by atoms with E-state index < -0.39 is 0 Å². The van der Waals surface area contributed by atoms with E-state index in [1.54, 1.807) is 0 Å². The van der Waals surface area contributed by atoms with Crippen molar-refractivity contribution in [3.8, 4) is 39.6 Å². The zero-order chi connectivity index (χ0) is 31.6. The van der Waals surface area contributed by atoms with Crippen molar-refractivity contribution >= 4 is 49.0 Å². The zero-order valence-electron chi connectivity index (χ0n) is 26.0. The average molecular weight is 613 g/mol. The summed E-state index contributed by atoms with van der Waals surface area (Å²) < 4.78 is 4.74. The maximum Gasteiger partial charge on any atom is 0.145 e. The van der Waals surface area contributed by atoms with Crippen molar-refractivity contribution in [2.24, 2.45) is 0 Å². The third-order valence-electron chi connectivity index (χ3n) is 9.54. The highest BCUT2D eigenvalue weighted by molar-refractivity contribution is 6.28. The Morgan fingerprint density at radius 2 is 1.04 bits per heavy atom. The van der Waals surface area contributed by atoms with Crippen molar-refractivity contribution in [2.75, 3.05) is 0 Å². The van der Waals surface area contributed by atoms with Gasteiger partial charge < -0.3 is 0 Å². The molecule has 0 saturated carbocycles. The standard InChI is InChI=1S/C44H28N4/c1-4-14-29(15-5-1)32-23-24-34-36-26-25-35-33-20-10-11-21-37(33)48-43(40(35)42(36)47(38(34)28-32)39-22-12-13-27-45-39)41(30-16-6-2-7-17-30)46-44(48)31-18-8-3-9-19-31/h1-28H. The van der Waals surface area contributed by atoms with E-state index in [2.05, 4.69) is 167 Å². The molecule has 0 atom stereocenters. The first-order valence-electron chi connectivity index (χ1n) is 16.3. The van der Waals surface area contributed by atoms with Gasteiger partial charge in [-0.1, -0.05) is 140 Å². The average Bonchev–Trinajstić information content (AvgIpc) is 3.73. The molecule has 224 valence electrons.